The summed E-state index contributed by atoms with van der Waals surface area (Å²) in [6.07, 6.45) is 0. The van der Waals surface area contributed by atoms with Crippen LogP contribution in [0.4, 0.5) is 0 Å². The minimum absolute atomic E-state index is 0.267. The molecule has 0 aliphatic heterocycles. The van der Waals surface area contributed by atoms with E-state index in [-0.39, 0.29) is 5.75 Å². The Balaban J connectivity index is 1.35. The number of methoxy groups -OCH3 is 2. The maximum absolute atomic E-state index is 12.0. The normalized spacial score (nSPS) is 12.0. The Kier molecular flexibility index (Phi) is 8.94. The highest BCUT2D eigenvalue weighted by molar-refractivity contribution is 7.85. The van der Waals surface area contributed by atoms with Gasteiger partial charge in [-0.3, -0.25) is 0 Å². The molecule has 10 rings (SSSR count). The molecule has 3 nitrogen and oxygen atoms in total. The zero-order valence-corrected chi connectivity index (χ0v) is 33.2. The molecule has 0 amide bonds. The molecule has 0 aliphatic rings. The van der Waals surface area contributed by atoms with Crippen molar-refractivity contribution < 1.29 is 14.6 Å². The number of thiophene rings is 1. The number of para-hydroxylation sites is 1. The predicted octanol–water partition coefficient (Wildman–Crippen LogP) is 12.8. The Morgan fingerprint density at radius 3 is 1.44 bits per heavy atom. The smallest absolute Gasteiger partial charge is 0.130 e. The molecular formula is C52H37O3PS. The molecule has 0 aliphatic carbocycles. The number of ether oxygens (including phenoxy) is 2. The molecule has 274 valence electrons. The minimum Gasteiger partial charge on any atom is -0.507 e. The average Bonchev–Trinajstić information content (AvgIpc) is 3.74. The van der Waals surface area contributed by atoms with E-state index >= 15 is 0 Å². The monoisotopic (exact) mass is 772 g/mol. The summed E-state index contributed by atoms with van der Waals surface area (Å²) in [5, 5.41) is 25.7. The maximum Gasteiger partial charge on any atom is 0.130 e. The first-order valence-electron chi connectivity index (χ1n) is 18.9. The molecule has 1 atom stereocenters. The van der Waals surface area contributed by atoms with Crippen LogP contribution < -0.4 is 24.7 Å². The van der Waals surface area contributed by atoms with Crippen molar-refractivity contribution in [3.05, 3.63) is 181 Å². The molecule has 0 fully saturated rings. The molecule has 0 spiro atoms. The highest BCUT2D eigenvalue weighted by atomic mass is 32.1. The first-order chi connectivity index (χ1) is 28.1. The van der Waals surface area contributed by atoms with Gasteiger partial charge in [-0.15, -0.1) is 11.3 Å². The van der Waals surface area contributed by atoms with Crippen LogP contribution in [0.3, 0.4) is 0 Å². The van der Waals surface area contributed by atoms with Gasteiger partial charge >= 0.3 is 0 Å². The third kappa shape index (κ3) is 6.01. The van der Waals surface area contributed by atoms with Crippen molar-refractivity contribution in [2.45, 2.75) is 0 Å². The van der Waals surface area contributed by atoms with Gasteiger partial charge in [0, 0.05) is 28.7 Å². The molecule has 1 aromatic heterocycles. The van der Waals surface area contributed by atoms with Crippen molar-refractivity contribution in [2.24, 2.45) is 0 Å². The first kappa shape index (κ1) is 35.0. The molecule has 1 unspecified atom stereocenters. The fourth-order valence-corrected chi connectivity index (χ4v) is 12.7. The topological polar surface area (TPSA) is 38.7 Å². The lowest BCUT2D eigenvalue weighted by Gasteiger charge is -2.27. The van der Waals surface area contributed by atoms with E-state index in [0.29, 0.717) is 0 Å². The van der Waals surface area contributed by atoms with E-state index in [1.165, 1.54) is 48.4 Å². The fourth-order valence-electron chi connectivity index (χ4n) is 8.39. The summed E-state index contributed by atoms with van der Waals surface area (Å²) in [5.74, 6) is 1.73. The molecular weight excluding hydrogens is 736 g/mol. The minimum atomic E-state index is -1.42. The van der Waals surface area contributed by atoms with Gasteiger partial charge in [-0.2, -0.15) is 0 Å². The van der Waals surface area contributed by atoms with E-state index < -0.39 is 7.92 Å². The van der Waals surface area contributed by atoms with Gasteiger partial charge < -0.3 is 14.6 Å². The highest BCUT2D eigenvalue weighted by Gasteiger charge is 2.31. The van der Waals surface area contributed by atoms with Crippen LogP contribution in [0.5, 0.6) is 17.2 Å². The number of benzene rings is 9. The van der Waals surface area contributed by atoms with Gasteiger partial charge in [0.1, 0.15) is 17.2 Å². The number of hydrogen-bond acceptors (Lipinski definition) is 4. The highest BCUT2D eigenvalue weighted by Crippen LogP contribution is 2.50. The Labute approximate surface area is 336 Å². The molecule has 0 radical (unpaired) electrons. The van der Waals surface area contributed by atoms with Crippen molar-refractivity contribution >= 4 is 77.6 Å². The first-order valence-corrected chi connectivity index (χ1v) is 21.2. The lowest BCUT2D eigenvalue weighted by Crippen LogP contribution is -2.24. The van der Waals surface area contributed by atoms with Crippen LogP contribution in [-0.4, -0.2) is 19.3 Å². The number of phenolic OH excluding ortho intramolecular Hbond substituents is 1. The van der Waals surface area contributed by atoms with Crippen LogP contribution in [0.15, 0.2) is 181 Å². The largest absolute Gasteiger partial charge is 0.507 e. The van der Waals surface area contributed by atoms with Crippen LogP contribution in [-0.2, 0) is 0 Å². The van der Waals surface area contributed by atoms with E-state index in [1.807, 2.05) is 36.4 Å². The van der Waals surface area contributed by atoms with Crippen molar-refractivity contribution in [3.8, 4) is 50.6 Å². The van der Waals surface area contributed by atoms with Crippen LogP contribution >= 0.6 is 19.3 Å². The summed E-state index contributed by atoms with van der Waals surface area (Å²) in [6.45, 7) is 0. The number of aromatic hydroxyl groups is 1. The van der Waals surface area contributed by atoms with Gasteiger partial charge in [0.2, 0.25) is 0 Å². The molecule has 9 aromatic carbocycles. The summed E-state index contributed by atoms with van der Waals surface area (Å²) in [7, 11) is 1.99. The predicted molar refractivity (Wildman–Crippen MR) is 244 cm³/mol. The van der Waals surface area contributed by atoms with Crippen molar-refractivity contribution in [1.29, 1.82) is 0 Å². The molecule has 0 saturated carbocycles. The van der Waals surface area contributed by atoms with Gasteiger partial charge in [-0.25, -0.2) is 0 Å². The summed E-state index contributed by atoms with van der Waals surface area (Å²) >= 11 is 1.71. The fraction of sp³-hybridized carbons (Fsp3) is 0.0385. The molecule has 0 saturated heterocycles. The number of fused-ring (bicyclic) bond motifs is 4. The second-order valence-corrected chi connectivity index (χ2v) is 17.4. The van der Waals surface area contributed by atoms with E-state index in [1.54, 1.807) is 25.6 Å². The van der Waals surface area contributed by atoms with E-state index in [0.717, 1.165) is 54.8 Å². The summed E-state index contributed by atoms with van der Waals surface area (Å²) < 4.78 is 13.2. The Bertz CT molecular complexity index is 2990. The second kappa shape index (κ2) is 14.6. The van der Waals surface area contributed by atoms with Crippen molar-refractivity contribution in [2.75, 3.05) is 14.2 Å². The second-order valence-electron chi connectivity index (χ2n) is 14.2. The molecule has 1 N–H and O–H groups in total. The number of hydrogen-bond donors (Lipinski definition) is 1. The lowest BCUT2D eigenvalue weighted by molar-refractivity contribution is 0.397. The van der Waals surface area contributed by atoms with E-state index in [4.69, 9.17) is 9.47 Å². The van der Waals surface area contributed by atoms with Crippen molar-refractivity contribution in [3.63, 3.8) is 0 Å². The SMILES string of the molecule is COc1cccc(OC)c1-c1ccsc1P(c1ccccc1O)c1c(-c2cccc3cc4ccccc4cc23)cccc1-c1cccc2cc3ccccc3cc12. The van der Waals surface area contributed by atoms with Gasteiger partial charge in [0.15, 0.2) is 0 Å². The van der Waals surface area contributed by atoms with Gasteiger partial charge in [-0.1, -0.05) is 127 Å². The molecule has 10 aromatic rings. The molecule has 1 heterocycles. The molecule has 0 bridgehead atoms. The third-order valence-electron chi connectivity index (χ3n) is 11.0. The zero-order chi connectivity index (χ0) is 38.5. The maximum atomic E-state index is 12.0. The van der Waals surface area contributed by atoms with Gasteiger partial charge in [0.05, 0.1) is 19.8 Å². The van der Waals surface area contributed by atoms with Gasteiger partial charge in [-0.05, 0) is 119 Å². The molecule has 5 heteroatoms. The average molecular weight is 773 g/mol. The van der Waals surface area contributed by atoms with Crippen LogP contribution in [0, 0.1) is 0 Å². The third-order valence-corrected chi connectivity index (χ3v) is 15.0. The molecule has 57 heavy (non-hydrogen) atoms. The van der Waals surface area contributed by atoms with Crippen molar-refractivity contribution in [1.82, 2.24) is 0 Å². The summed E-state index contributed by atoms with van der Waals surface area (Å²) in [5.41, 5.74) is 6.48. The Hall–Kier alpha value is -6.45. The summed E-state index contributed by atoms with van der Waals surface area (Å²) in [6, 6.07) is 62.4. The zero-order valence-electron chi connectivity index (χ0n) is 31.4. The van der Waals surface area contributed by atoms with E-state index in [2.05, 4.69) is 145 Å². The van der Waals surface area contributed by atoms with E-state index in [9.17, 15) is 5.11 Å². The number of phenols is 1. The standard InChI is InChI=1S/C52H37O3PS/c1-54-47-24-12-25-48(55-2)50(47)43-27-28-57-52(43)56(49-26-8-7-23-46(49)53)51-41(39-19-9-17-37-29-33-13-3-5-15-35(33)31-44(37)39)21-11-22-42(51)40-20-10-18-38-30-34-14-4-6-16-36(34)32-45(38)40/h3-32,53H,1-2H3. The van der Waals surface area contributed by atoms with Crippen LogP contribution in [0.2, 0.25) is 0 Å². The quantitative estimate of drug-likeness (QED) is 0.123. The van der Waals surface area contributed by atoms with Crippen LogP contribution in [0.25, 0.3) is 76.5 Å². The number of rotatable bonds is 8. The lowest BCUT2D eigenvalue weighted by atomic mass is 9.91. The summed E-state index contributed by atoms with van der Waals surface area (Å²) in [4.78, 5) is 0. The Morgan fingerprint density at radius 1 is 0.439 bits per heavy atom. The van der Waals surface area contributed by atoms with Crippen LogP contribution in [0.1, 0.15) is 0 Å². The Morgan fingerprint density at radius 2 is 0.895 bits per heavy atom. The van der Waals surface area contributed by atoms with Gasteiger partial charge in [0.25, 0.3) is 0 Å².